The molecule has 11 heteroatoms. The minimum Gasteiger partial charge on any atom is -0.444 e. The van der Waals surface area contributed by atoms with Crippen molar-refractivity contribution < 1.29 is 28.9 Å². The molecule has 1 saturated heterocycles. The molecule has 1 aliphatic rings. The Labute approximate surface area is 160 Å². The van der Waals surface area contributed by atoms with Crippen LogP contribution in [-0.4, -0.2) is 62.6 Å². The third kappa shape index (κ3) is 5.18. The van der Waals surface area contributed by atoms with Crippen LogP contribution in [0.1, 0.15) is 33.4 Å². The largest absolute Gasteiger partial charge is 0.444 e. The van der Waals surface area contributed by atoms with Gasteiger partial charge in [-0.2, -0.15) is 0 Å². The average Bonchev–Trinajstić information content (AvgIpc) is 2.87. The van der Waals surface area contributed by atoms with E-state index in [2.05, 4.69) is 5.32 Å². The van der Waals surface area contributed by atoms with Gasteiger partial charge in [0.25, 0.3) is 5.56 Å². The van der Waals surface area contributed by atoms with Gasteiger partial charge in [0.05, 0.1) is 6.61 Å². The van der Waals surface area contributed by atoms with Crippen molar-refractivity contribution in [3.05, 3.63) is 33.1 Å². The Balaban J connectivity index is 2.05. The zero-order valence-electron chi connectivity index (χ0n) is 16.0. The summed E-state index contributed by atoms with van der Waals surface area (Å²) in [6, 6.07) is 1.08. The molecule has 3 N–H and O–H groups in total. The number of hydrogen-bond acceptors (Lipinski definition) is 7. The van der Waals surface area contributed by atoms with Crippen molar-refractivity contribution in [2.24, 2.45) is 0 Å². The van der Waals surface area contributed by atoms with Crippen LogP contribution in [0, 0.1) is 0 Å². The standard InChI is InChI=1S/C17H26FN3O7/c1-17(2,3)28-15(25)19-6-4-7-20-11(23)5-8-21(16(20)26)14-12(18)13(24)10(9-22)27-14/h5,8,10,12-14,22,24H,4,6-7,9H2,1-3H3,(H,19,25)/t10-,12-,13-,14-/m1/s1. The number of aliphatic hydroxyl groups excluding tert-OH is 2. The van der Waals surface area contributed by atoms with E-state index in [1.807, 2.05) is 0 Å². The van der Waals surface area contributed by atoms with E-state index in [1.54, 1.807) is 20.8 Å². The van der Waals surface area contributed by atoms with Gasteiger partial charge in [-0.05, 0) is 27.2 Å². The summed E-state index contributed by atoms with van der Waals surface area (Å²) >= 11 is 0. The van der Waals surface area contributed by atoms with E-state index in [1.165, 1.54) is 0 Å². The smallest absolute Gasteiger partial charge is 0.407 e. The quantitative estimate of drug-likeness (QED) is 0.546. The molecule has 1 aromatic heterocycles. The molecular formula is C17H26FN3O7. The van der Waals surface area contributed by atoms with Crippen LogP contribution >= 0.6 is 0 Å². The number of nitrogens with zero attached hydrogens (tertiary/aromatic N) is 2. The van der Waals surface area contributed by atoms with E-state index in [-0.39, 0.29) is 19.5 Å². The zero-order chi connectivity index (χ0) is 21.1. The summed E-state index contributed by atoms with van der Waals surface area (Å²) in [6.45, 7) is 4.69. The van der Waals surface area contributed by atoms with Crippen LogP contribution in [0.25, 0.3) is 0 Å². The molecule has 0 saturated carbocycles. The normalized spacial score (nSPS) is 24.9. The fourth-order valence-electron chi connectivity index (χ4n) is 2.75. The van der Waals surface area contributed by atoms with Crippen molar-refractivity contribution >= 4 is 6.09 Å². The van der Waals surface area contributed by atoms with E-state index in [4.69, 9.17) is 14.6 Å². The summed E-state index contributed by atoms with van der Waals surface area (Å²) in [6.07, 6.45) is -5.41. The molecule has 0 spiro atoms. The molecule has 1 aliphatic heterocycles. The van der Waals surface area contributed by atoms with Crippen LogP contribution < -0.4 is 16.6 Å². The summed E-state index contributed by atoms with van der Waals surface area (Å²) in [5.41, 5.74) is -2.05. The Hall–Kier alpha value is -2.24. The summed E-state index contributed by atoms with van der Waals surface area (Å²) < 4.78 is 26.3. The number of halogens is 1. The lowest BCUT2D eigenvalue weighted by Crippen LogP contribution is -2.43. The maximum absolute atomic E-state index is 14.3. The fraction of sp³-hybridized carbons (Fsp3) is 0.706. The number of nitrogens with one attached hydrogen (secondary N) is 1. The number of carbonyl (C=O) groups excluding carboxylic acids is 1. The van der Waals surface area contributed by atoms with E-state index < -0.39 is 54.2 Å². The van der Waals surface area contributed by atoms with E-state index >= 15 is 0 Å². The first kappa shape index (κ1) is 22.1. The number of alkyl carbamates (subject to hydrolysis) is 1. The lowest BCUT2D eigenvalue weighted by Gasteiger charge is -2.20. The molecule has 1 amide bonds. The van der Waals surface area contributed by atoms with Crippen molar-refractivity contribution in [3.8, 4) is 0 Å². The van der Waals surface area contributed by atoms with Crippen LogP contribution in [0.15, 0.2) is 21.9 Å². The number of hydrogen-bond donors (Lipinski definition) is 3. The third-order valence-corrected chi connectivity index (χ3v) is 4.07. The Morgan fingerprint density at radius 3 is 2.64 bits per heavy atom. The molecule has 0 aromatic carbocycles. The molecule has 4 atom stereocenters. The SMILES string of the molecule is CC(C)(C)OC(=O)NCCCn1c(=O)ccn([C@@H]2O[C@H](CO)[C@@H](O)[C@H]2F)c1=O. The molecule has 0 radical (unpaired) electrons. The van der Waals surface area contributed by atoms with Crippen molar-refractivity contribution in [2.75, 3.05) is 13.2 Å². The number of alkyl halides is 1. The maximum Gasteiger partial charge on any atom is 0.407 e. The molecule has 0 bridgehead atoms. The van der Waals surface area contributed by atoms with Gasteiger partial charge < -0.3 is 25.0 Å². The van der Waals surface area contributed by atoms with Gasteiger partial charge in [0.15, 0.2) is 12.4 Å². The predicted octanol–water partition coefficient (Wildman–Crippen LogP) is -0.486. The van der Waals surface area contributed by atoms with Gasteiger partial charge in [-0.25, -0.2) is 14.0 Å². The number of carbonyl (C=O) groups is 1. The van der Waals surface area contributed by atoms with E-state index in [0.717, 1.165) is 21.4 Å². The van der Waals surface area contributed by atoms with E-state index in [9.17, 15) is 23.9 Å². The molecule has 1 aromatic rings. The van der Waals surface area contributed by atoms with Crippen LogP contribution in [0.4, 0.5) is 9.18 Å². The second kappa shape index (κ2) is 8.84. The monoisotopic (exact) mass is 403 g/mol. The molecule has 158 valence electrons. The van der Waals surface area contributed by atoms with Gasteiger partial charge in [-0.3, -0.25) is 13.9 Å². The van der Waals surface area contributed by atoms with Crippen LogP contribution in [0.3, 0.4) is 0 Å². The van der Waals surface area contributed by atoms with Gasteiger partial charge in [-0.15, -0.1) is 0 Å². The predicted molar refractivity (Wildman–Crippen MR) is 95.7 cm³/mol. The summed E-state index contributed by atoms with van der Waals surface area (Å²) in [5.74, 6) is 0. The summed E-state index contributed by atoms with van der Waals surface area (Å²) in [5, 5.41) is 21.3. The summed E-state index contributed by atoms with van der Waals surface area (Å²) in [7, 11) is 0. The van der Waals surface area contributed by atoms with E-state index in [0.29, 0.717) is 0 Å². The zero-order valence-corrected chi connectivity index (χ0v) is 16.0. The van der Waals surface area contributed by atoms with Crippen molar-refractivity contribution in [1.82, 2.24) is 14.5 Å². The summed E-state index contributed by atoms with van der Waals surface area (Å²) in [4.78, 5) is 36.2. The third-order valence-electron chi connectivity index (χ3n) is 4.07. The average molecular weight is 403 g/mol. The van der Waals surface area contributed by atoms with Crippen LogP contribution in [0.2, 0.25) is 0 Å². The fourth-order valence-corrected chi connectivity index (χ4v) is 2.75. The molecule has 10 nitrogen and oxygen atoms in total. The van der Waals surface area contributed by atoms with Crippen LogP contribution in [0.5, 0.6) is 0 Å². The Kier molecular flexibility index (Phi) is 6.96. The van der Waals surface area contributed by atoms with Gasteiger partial charge in [0, 0.05) is 25.4 Å². The number of ether oxygens (including phenoxy) is 2. The minimum absolute atomic E-state index is 0.0239. The number of aromatic nitrogens is 2. The highest BCUT2D eigenvalue weighted by Gasteiger charge is 2.45. The first-order chi connectivity index (χ1) is 13.0. The molecular weight excluding hydrogens is 377 g/mol. The second-order valence-corrected chi connectivity index (χ2v) is 7.46. The minimum atomic E-state index is -1.94. The highest BCUT2D eigenvalue weighted by atomic mass is 19.1. The van der Waals surface area contributed by atoms with Crippen molar-refractivity contribution in [1.29, 1.82) is 0 Å². The van der Waals surface area contributed by atoms with Crippen molar-refractivity contribution in [2.45, 2.75) is 63.9 Å². The van der Waals surface area contributed by atoms with Gasteiger partial charge in [0.1, 0.15) is 17.8 Å². The lowest BCUT2D eigenvalue weighted by molar-refractivity contribution is -0.0496. The molecule has 28 heavy (non-hydrogen) atoms. The van der Waals surface area contributed by atoms with Gasteiger partial charge in [-0.1, -0.05) is 0 Å². The molecule has 1 fully saturated rings. The Bertz CT molecular complexity index is 801. The molecule has 0 aliphatic carbocycles. The Morgan fingerprint density at radius 2 is 2.07 bits per heavy atom. The highest BCUT2D eigenvalue weighted by molar-refractivity contribution is 5.67. The van der Waals surface area contributed by atoms with Crippen LogP contribution in [-0.2, 0) is 16.0 Å². The topological polar surface area (TPSA) is 132 Å². The molecule has 2 rings (SSSR count). The molecule has 0 unspecified atom stereocenters. The highest BCUT2D eigenvalue weighted by Crippen LogP contribution is 2.30. The van der Waals surface area contributed by atoms with Gasteiger partial charge in [0.2, 0.25) is 0 Å². The second-order valence-electron chi connectivity index (χ2n) is 7.46. The maximum atomic E-state index is 14.3. The number of rotatable bonds is 6. The first-order valence-electron chi connectivity index (χ1n) is 8.92. The lowest BCUT2D eigenvalue weighted by atomic mass is 10.1. The van der Waals surface area contributed by atoms with Gasteiger partial charge >= 0.3 is 11.8 Å². The Morgan fingerprint density at radius 1 is 1.39 bits per heavy atom. The number of amides is 1. The molecule has 2 heterocycles. The van der Waals surface area contributed by atoms with Crippen molar-refractivity contribution in [3.63, 3.8) is 0 Å². The first-order valence-corrected chi connectivity index (χ1v) is 8.92. The number of aliphatic hydroxyl groups is 2.